The van der Waals surface area contributed by atoms with E-state index in [9.17, 15) is 9.90 Å². The summed E-state index contributed by atoms with van der Waals surface area (Å²) in [6.45, 7) is 2.07. The number of ether oxygens (including phenoxy) is 1. The number of carbonyl (C=O) groups is 1. The largest absolute Gasteiger partial charge is 0.495 e. The molecule has 2 rings (SSSR count). The average molecular weight is 341 g/mol. The number of amides is 1. The van der Waals surface area contributed by atoms with Crippen molar-refractivity contribution in [1.82, 2.24) is 5.32 Å². The van der Waals surface area contributed by atoms with E-state index in [1.165, 1.54) is 0 Å². The summed E-state index contributed by atoms with van der Waals surface area (Å²) in [5.74, 6) is 0.461. The number of nitrogens with one attached hydrogen (secondary N) is 2. The number of methoxy groups -OCH3 is 1. The predicted octanol–water partition coefficient (Wildman–Crippen LogP) is 2.96. The van der Waals surface area contributed by atoms with Crippen LogP contribution >= 0.6 is 11.6 Å². The molecule has 3 N–H and O–H groups in total. The van der Waals surface area contributed by atoms with Crippen molar-refractivity contribution in [2.45, 2.75) is 50.6 Å². The SMILES string of the molecule is COc1ccc(Cl)cc1NC(=O)CC(C)NC1(CO)CCCC1. The first-order chi connectivity index (χ1) is 11.0. The molecule has 6 heteroatoms. The first-order valence-corrected chi connectivity index (χ1v) is 8.38. The maximum Gasteiger partial charge on any atom is 0.226 e. The van der Waals surface area contributed by atoms with Gasteiger partial charge in [-0.05, 0) is 38.0 Å². The number of rotatable bonds is 7. The van der Waals surface area contributed by atoms with Crippen LogP contribution in [0.25, 0.3) is 0 Å². The highest BCUT2D eigenvalue weighted by atomic mass is 35.5. The Morgan fingerprint density at radius 1 is 1.43 bits per heavy atom. The third kappa shape index (κ3) is 4.83. The standard InChI is InChI=1S/C17H25ClN2O3/c1-12(20-17(11-21)7-3-4-8-17)9-16(22)19-14-10-13(18)5-6-15(14)23-2/h5-6,10,12,20-21H,3-4,7-9,11H2,1-2H3,(H,19,22). The number of hydrogen-bond acceptors (Lipinski definition) is 4. The van der Waals surface area contributed by atoms with Gasteiger partial charge in [0, 0.05) is 23.0 Å². The van der Waals surface area contributed by atoms with Gasteiger partial charge in [-0.1, -0.05) is 24.4 Å². The molecule has 5 nitrogen and oxygen atoms in total. The number of hydrogen-bond donors (Lipinski definition) is 3. The Labute approximate surface area is 142 Å². The Morgan fingerprint density at radius 3 is 2.74 bits per heavy atom. The number of carbonyl (C=O) groups excluding carboxylic acids is 1. The fourth-order valence-electron chi connectivity index (χ4n) is 3.23. The van der Waals surface area contributed by atoms with Crippen molar-refractivity contribution in [3.8, 4) is 5.75 Å². The lowest BCUT2D eigenvalue weighted by atomic mass is 9.97. The van der Waals surface area contributed by atoms with E-state index >= 15 is 0 Å². The van der Waals surface area contributed by atoms with E-state index in [0.717, 1.165) is 25.7 Å². The van der Waals surface area contributed by atoms with E-state index in [1.807, 2.05) is 6.92 Å². The van der Waals surface area contributed by atoms with Crippen LogP contribution in [0.3, 0.4) is 0 Å². The molecule has 1 saturated carbocycles. The van der Waals surface area contributed by atoms with Crippen molar-refractivity contribution in [2.24, 2.45) is 0 Å². The zero-order valence-corrected chi connectivity index (χ0v) is 14.4. The Bertz CT molecular complexity index is 545. The van der Waals surface area contributed by atoms with Crippen molar-refractivity contribution < 1.29 is 14.6 Å². The Morgan fingerprint density at radius 2 is 2.13 bits per heavy atom. The normalized spacial score (nSPS) is 17.7. The van der Waals surface area contributed by atoms with Crippen molar-refractivity contribution in [3.63, 3.8) is 0 Å². The fraction of sp³-hybridized carbons (Fsp3) is 0.588. The number of benzene rings is 1. The molecule has 1 unspecified atom stereocenters. The summed E-state index contributed by atoms with van der Waals surface area (Å²) in [6, 6.07) is 5.08. The number of aliphatic hydroxyl groups is 1. The van der Waals surface area contributed by atoms with E-state index in [2.05, 4.69) is 10.6 Å². The Balaban J connectivity index is 1.93. The van der Waals surface area contributed by atoms with Crippen LogP contribution in [0.1, 0.15) is 39.0 Å². The lowest BCUT2D eigenvalue weighted by molar-refractivity contribution is -0.116. The minimum atomic E-state index is -0.229. The van der Waals surface area contributed by atoms with Gasteiger partial charge in [-0.2, -0.15) is 0 Å². The molecule has 1 amide bonds. The quantitative estimate of drug-likeness (QED) is 0.713. The van der Waals surface area contributed by atoms with E-state index in [0.29, 0.717) is 22.9 Å². The summed E-state index contributed by atoms with van der Waals surface area (Å²) in [6.07, 6.45) is 4.46. The van der Waals surface area contributed by atoms with Crippen molar-refractivity contribution in [2.75, 3.05) is 19.0 Å². The van der Waals surface area contributed by atoms with Gasteiger partial charge in [-0.25, -0.2) is 0 Å². The predicted molar refractivity (Wildman–Crippen MR) is 92.1 cm³/mol. The second-order valence-electron chi connectivity index (χ2n) is 6.29. The van der Waals surface area contributed by atoms with Crippen molar-refractivity contribution >= 4 is 23.2 Å². The summed E-state index contributed by atoms with van der Waals surface area (Å²) in [7, 11) is 1.55. The number of halogens is 1. The topological polar surface area (TPSA) is 70.6 Å². The molecule has 0 aromatic heterocycles. The molecule has 0 bridgehead atoms. The molecule has 1 aliphatic rings. The molecule has 1 aliphatic carbocycles. The van der Waals surface area contributed by atoms with E-state index in [-0.39, 0.29) is 24.1 Å². The summed E-state index contributed by atoms with van der Waals surface area (Å²) >= 11 is 5.97. The maximum atomic E-state index is 12.3. The summed E-state index contributed by atoms with van der Waals surface area (Å²) in [4.78, 5) is 12.3. The fourth-order valence-corrected chi connectivity index (χ4v) is 3.40. The lowest BCUT2D eigenvalue weighted by Crippen LogP contribution is -2.51. The molecular weight excluding hydrogens is 316 g/mol. The molecule has 1 aromatic rings. The first kappa shape index (κ1) is 18.0. The average Bonchev–Trinajstić information content (AvgIpc) is 2.96. The van der Waals surface area contributed by atoms with E-state index in [1.54, 1.807) is 25.3 Å². The molecule has 1 fully saturated rings. The van der Waals surface area contributed by atoms with Gasteiger partial charge >= 0.3 is 0 Å². The van der Waals surface area contributed by atoms with Gasteiger partial charge in [-0.15, -0.1) is 0 Å². The maximum absolute atomic E-state index is 12.3. The van der Waals surface area contributed by atoms with Crippen LogP contribution in [0.15, 0.2) is 18.2 Å². The zero-order chi connectivity index (χ0) is 16.9. The molecule has 23 heavy (non-hydrogen) atoms. The minimum absolute atomic E-state index is 0.0228. The minimum Gasteiger partial charge on any atom is -0.495 e. The molecule has 1 aromatic carbocycles. The van der Waals surface area contributed by atoms with Crippen LogP contribution in [-0.4, -0.2) is 36.3 Å². The van der Waals surface area contributed by atoms with Gasteiger partial charge in [0.15, 0.2) is 0 Å². The van der Waals surface area contributed by atoms with Crippen LogP contribution in [0.4, 0.5) is 5.69 Å². The second kappa shape index (κ2) is 7.99. The second-order valence-corrected chi connectivity index (χ2v) is 6.72. The van der Waals surface area contributed by atoms with Crippen LogP contribution in [0.2, 0.25) is 5.02 Å². The summed E-state index contributed by atoms with van der Waals surface area (Å²) in [5, 5.41) is 16.4. The van der Waals surface area contributed by atoms with E-state index in [4.69, 9.17) is 16.3 Å². The van der Waals surface area contributed by atoms with Crippen molar-refractivity contribution in [1.29, 1.82) is 0 Å². The molecule has 1 atom stereocenters. The van der Waals surface area contributed by atoms with Crippen LogP contribution in [-0.2, 0) is 4.79 Å². The number of anilines is 1. The third-order valence-electron chi connectivity index (χ3n) is 4.34. The smallest absolute Gasteiger partial charge is 0.226 e. The van der Waals surface area contributed by atoms with Gasteiger partial charge in [-0.3, -0.25) is 4.79 Å². The van der Waals surface area contributed by atoms with Crippen LogP contribution in [0.5, 0.6) is 5.75 Å². The monoisotopic (exact) mass is 340 g/mol. The first-order valence-electron chi connectivity index (χ1n) is 8.00. The molecule has 0 aliphatic heterocycles. The molecule has 0 heterocycles. The lowest BCUT2D eigenvalue weighted by Gasteiger charge is -2.31. The van der Waals surface area contributed by atoms with Crippen LogP contribution < -0.4 is 15.4 Å². The van der Waals surface area contributed by atoms with Crippen molar-refractivity contribution in [3.05, 3.63) is 23.2 Å². The third-order valence-corrected chi connectivity index (χ3v) is 4.58. The molecule has 0 spiro atoms. The molecule has 0 saturated heterocycles. The number of aliphatic hydroxyl groups excluding tert-OH is 1. The highest BCUT2D eigenvalue weighted by molar-refractivity contribution is 6.31. The Kier molecular flexibility index (Phi) is 6.27. The Hall–Kier alpha value is -1.30. The van der Waals surface area contributed by atoms with Crippen LogP contribution in [0, 0.1) is 0 Å². The molecule has 0 radical (unpaired) electrons. The summed E-state index contributed by atoms with van der Waals surface area (Å²) < 4.78 is 5.23. The molecule has 128 valence electrons. The zero-order valence-electron chi connectivity index (χ0n) is 13.7. The highest BCUT2D eigenvalue weighted by Crippen LogP contribution is 2.30. The van der Waals surface area contributed by atoms with Gasteiger partial charge in [0.25, 0.3) is 0 Å². The van der Waals surface area contributed by atoms with Gasteiger partial charge in [0.2, 0.25) is 5.91 Å². The van der Waals surface area contributed by atoms with Gasteiger partial charge < -0.3 is 20.5 Å². The highest BCUT2D eigenvalue weighted by Gasteiger charge is 2.34. The summed E-state index contributed by atoms with van der Waals surface area (Å²) in [5.41, 5.74) is 0.336. The molecular formula is C17H25ClN2O3. The van der Waals surface area contributed by atoms with Gasteiger partial charge in [0.1, 0.15) is 5.75 Å². The van der Waals surface area contributed by atoms with E-state index < -0.39 is 0 Å². The van der Waals surface area contributed by atoms with Gasteiger partial charge in [0.05, 0.1) is 19.4 Å².